The van der Waals surface area contributed by atoms with E-state index in [0.717, 1.165) is 48.4 Å². The van der Waals surface area contributed by atoms with Gasteiger partial charge in [0, 0.05) is 28.5 Å². The molecule has 6 rings (SSSR count). The van der Waals surface area contributed by atoms with Crippen LogP contribution in [0.25, 0.3) is 27.5 Å². The first-order chi connectivity index (χ1) is 20.9. The quantitative estimate of drug-likeness (QED) is 0.146. The molecular formula is C30H24F4N4O4S2. The largest absolute Gasteiger partial charge is 0.363 e. The minimum Gasteiger partial charge on any atom is -0.363 e. The summed E-state index contributed by atoms with van der Waals surface area (Å²) in [5, 5.41) is 31.0. The lowest BCUT2D eigenvalue weighted by atomic mass is 9.95. The van der Waals surface area contributed by atoms with E-state index in [9.17, 15) is 31.8 Å². The van der Waals surface area contributed by atoms with Crippen LogP contribution in [0.15, 0.2) is 64.9 Å². The third kappa shape index (κ3) is 6.03. The average molecular weight is 645 g/mol. The number of hydrogen-bond donors (Lipinski definition) is 3. The topological polar surface area (TPSA) is 131 Å². The van der Waals surface area contributed by atoms with Crippen LogP contribution in [-0.2, 0) is 22.9 Å². The Morgan fingerprint density at radius 2 is 1.66 bits per heavy atom. The van der Waals surface area contributed by atoms with Crippen molar-refractivity contribution in [3.8, 4) is 27.5 Å². The molecule has 1 saturated carbocycles. The number of nitrogens with zero attached hydrogens (tertiary/aromatic N) is 3. The molecule has 0 radical (unpaired) electrons. The van der Waals surface area contributed by atoms with Gasteiger partial charge >= 0.3 is 0 Å². The van der Waals surface area contributed by atoms with Crippen LogP contribution < -0.4 is 5.14 Å². The van der Waals surface area contributed by atoms with Gasteiger partial charge in [-0.3, -0.25) is 0 Å². The predicted octanol–water partition coefficient (Wildman–Crippen LogP) is 5.39. The Hall–Kier alpha value is -3.95. The van der Waals surface area contributed by atoms with E-state index in [1.165, 1.54) is 35.7 Å². The maximum atomic E-state index is 15.0. The molecule has 1 fully saturated rings. The monoisotopic (exact) mass is 644 g/mol. The van der Waals surface area contributed by atoms with Gasteiger partial charge in [-0.2, -0.15) is 5.10 Å². The zero-order valence-corrected chi connectivity index (χ0v) is 24.3. The number of rotatable bonds is 9. The second-order valence-corrected chi connectivity index (χ2v) is 12.9. The molecule has 8 nitrogen and oxygen atoms in total. The van der Waals surface area contributed by atoms with Crippen molar-refractivity contribution in [2.45, 2.75) is 36.9 Å². The molecule has 1 aliphatic rings. The van der Waals surface area contributed by atoms with Crippen LogP contribution in [0.2, 0.25) is 0 Å². The molecule has 0 aliphatic heterocycles. The summed E-state index contributed by atoms with van der Waals surface area (Å²) in [5.41, 5.74) is 2.61. The molecule has 228 valence electrons. The number of halogens is 4. The number of primary sulfonamides is 1. The van der Waals surface area contributed by atoms with E-state index >= 15 is 4.39 Å². The van der Waals surface area contributed by atoms with Gasteiger partial charge in [-0.25, -0.2) is 40.8 Å². The fourth-order valence-corrected chi connectivity index (χ4v) is 6.40. The number of aromatic nitrogens is 3. The maximum absolute atomic E-state index is 15.0. The number of nitrogens with two attached hydrogens (primary N) is 1. The summed E-state index contributed by atoms with van der Waals surface area (Å²) in [7, 11) is -4.29. The highest BCUT2D eigenvalue weighted by Crippen LogP contribution is 2.39. The molecule has 0 bridgehead atoms. The van der Waals surface area contributed by atoms with E-state index in [4.69, 9.17) is 10.2 Å². The van der Waals surface area contributed by atoms with Gasteiger partial charge in [0.2, 0.25) is 15.2 Å². The first-order valence-electron chi connectivity index (χ1n) is 13.4. The second kappa shape index (κ2) is 11.5. The van der Waals surface area contributed by atoms with Crippen LogP contribution in [0.4, 0.5) is 17.6 Å². The van der Waals surface area contributed by atoms with E-state index in [1.807, 2.05) is 0 Å². The average Bonchev–Trinajstić information content (AvgIpc) is 3.52. The van der Waals surface area contributed by atoms with Gasteiger partial charge in [0.1, 0.15) is 22.2 Å². The molecule has 5 aromatic rings. The van der Waals surface area contributed by atoms with Gasteiger partial charge in [-0.15, -0.1) is 11.3 Å². The summed E-state index contributed by atoms with van der Waals surface area (Å²) in [6.45, 7) is 0. The zero-order valence-electron chi connectivity index (χ0n) is 22.7. The first kappa shape index (κ1) is 30.1. The van der Waals surface area contributed by atoms with Gasteiger partial charge in [-0.05, 0) is 78.8 Å². The van der Waals surface area contributed by atoms with Gasteiger partial charge < -0.3 is 10.2 Å². The summed E-state index contributed by atoms with van der Waals surface area (Å²) < 4.78 is 82.7. The molecule has 0 spiro atoms. The van der Waals surface area contributed by atoms with Crippen molar-refractivity contribution in [3.05, 3.63) is 106 Å². The summed E-state index contributed by atoms with van der Waals surface area (Å²) in [4.78, 5) is 3.66. The lowest BCUT2D eigenvalue weighted by Gasteiger charge is -2.11. The third-order valence-corrected chi connectivity index (χ3v) is 9.16. The molecule has 2 heterocycles. The van der Waals surface area contributed by atoms with Crippen molar-refractivity contribution >= 4 is 21.4 Å². The molecule has 44 heavy (non-hydrogen) atoms. The highest BCUT2D eigenvalue weighted by atomic mass is 32.2. The molecule has 0 amide bonds. The Morgan fingerprint density at radius 3 is 2.30 bits per heavy atom. The Morgan fingerprint density at radius 1 is 0.932 bits per heavy atom. The number of hydrogen-bond acceptors (Lipinski definition) is 7. The van der Waals surface area contributed by atoms with Crippen molar-refractivity contribution in [1.29, 1.82) is 0 Å². The van der Waals surface area contributed by atoms with Crippen LogP contribution in [0.3, 0.4) is 0 Å². The summed E-state index contributed by atoms with van der Waals surface area (Å²) >= 11 is 1.12. The Kier molecular flexibility index (Phi) is 7.88. The molecule has 3 aromatic carbocycles. The fourth-order valence-electron chi connectivity index (χ4n) is 5.00. The molecule has 0 unspecified atom stereocenters. The molecule has 14 heteroatoms. The van der Waals surface area contributed by atoms with Gasteiger partial charge in [0.05, 0.1) is 11.4 Å². The van der Waals surface area contributed by atoms with E-state index in [-0.39, 0.29) is 23.2 Å². The molecule has 4 N–H and O–H groups in total. The van der Waals surface area contributed by atoms with Crippen molar-refractivity contribution in [2.24, 2.45) is 11.1 Å². The van der Waals surface area contributed by atoms with E-state index in [2.05, 4.69) is 4.98 Å². The third-order valence-electron chi connectivity index (χ3n) is 7.38. The van der Waals surface area contributed by atoms with Gasteiger partial charge in [0.15, 0.2) is 17.9 Å². The lowest BCUT2D eigenvalue weighted by molar-refractivity contribution is -0.0454. The standard InChI is InChI=1S/C30H24F4N4O4S2/c31-21-6-5-18(12-19(21)17-4-7-22(32)23(33)13-17)28-20(9-16-3-8-27(24(34)10-16)44(35,41)42)26(11-15-1-2-15)38(37-28)30-36-25(14-43-30)29(39)40/h3-8,10,12-15,29,39-40H,1-2,9,11H2,(H2,35,41,42). The summed E-state index contributed by atoms with van der Waals surface area (Å²) in [5.74, 6) is -3.59. The van der Waals surface area contributed by atoms with Crippen molar-refractivity contribution < 1.29 is 36.2 Å². The molecule has 0 atom stereocenters. The highest BCUT2D eigenvalue weighted by Gasteiger charge is 2.30. The second-order valence-electron chi connectivity index (χ2n) is 10.6. The smallest absolute Gasteiger partial charge is 0.240 e. The van der Waals surface area contributed by atoms with E-state index in [1.54, 1.807) is 4.68 Å². The van der Waals surface area contributed by atoms with Crippen molar-refractivity contribution in [2.75, 3.05) is 0 Å². The Bertz CT molecular complexity index is 2010. The van der Waals surface area contributed by atoms with Gasteiger partial charge in [-0.1, -0.05) is 12.1 Å². The van der Waals surface area contributed by atoms with E-state index < -0.39 is 44.5 Å². The SMILES string of the molecule is NS(=O)(=O)c1ccc(Cc2c(-c3ccc(F)c(-c4ccc(F)c(F)c4)c3)nn(-c3nc(C(O)O)cs3)c2CC2CC2)cc1F. The first-order valence-corrected chi connectivity index (χ1v) is 15.8. The van der Waals surface area contributed by atoms with E-state index in [0.29, 0.717) is 45.5 Å². The lowest BCUT2D eigenvalue weighted by Crippen LogP contribution is -2.14. The van der Waals surface area contributed by atoms with Gasteiger partial charge in [0.25, 0.3) is 0 Å². The number of thiazole rings is 1. The van der Waals surface area contributed by atoms with Crippen molar-refractivity contribution in [1.82, 2.24) is 14.8 Å². The molecule has 0 saturated heterocycles. The fraction of sp³-hybridized carbons (Fsp3) is 0.200. The van der Waals surface area contributed by atoms with Crippen molar-refractivity contribution in [3.63, 3.8) is 0 Å². The number of aliphatic hydroxyl groups excluding tert-OH is 1. The minimum absolute atomic E-state index is 0.00543. The summed E-state index contributed by atoms with van der Waals surface area (Å²) in [6, 6.07) is 10.8. The predicted molar refractivity (Wildman–Crippen MR) is 154 cm³/mol. The maximum Gasteiger partial charge on any atom is 0.240 e. The Balaban J connectivity index is 1.54. The van der Waals surface area contributed by atoms with Crippen LogP contribution in [0.1, 0.15) is 41.6 Å². The van der Waals surface area contributed by atoms with Crippen LogP contribution in [0.5, 0.6) is 0 Å². The normalized spacial score (nSPS) is 13.6. The zero-order chi connectivity index (χ0) is 31.3. The number of benzene rings is 3. The Labute approximate surface area is 253 Å². The number of sulfonamides is 1. The van der Waals surface area contributed by atoms with Crippen LogP contribution >= 0.6 is 11.3 Å². The highest BCUT2D eigenvalue weighted by molar-refractivity contribution is 7.89. The molecule has 1 aliphatic carbocycles. The number of aliphatic hydroxyl groups is 2. The minimum atomic E-state index is -4.29. The van der Waals surface area contributed by atoms with Crippen LogP contribution in [-0.4, -0.2) is 33.4 Å². The molecule has 2 aromatic heterocycles. The summed E-state index contributed by atoms with van der Waals surface area (Å²) in [6.07, 6.45) is 0.753. The molecular weight excluding hydrogens is 620 g/mol. The van der Waals surface area contributed by atoms with Crippen LogP contribution in [0, 0.1) is 29.2 Å².